The number of aromatic nitrogens is 3. The number of thiazole rings is 1. The topological polar surface area (TPSA) is 67.8 Å². The maximum absolute atomic E-state index is 13.8. The second-order valence-corrected chi connectivity index (χ2v) is 7.62. The van der Waals surface area contributed by atoms with E-state index in [1.165, 1.54) is 23.5 Å². The fourth-order valence-electron chi connectivity index (χ4n) is 3.14. The molecule has 1 aliphatic carbocycles. The third kappa shape index (κ3) is 3.25. The average Bonchev–Trinajstić information content (AvgIpc) is 3.47. The van der Waals surface area contributed by atoms with Crippen LogP contribution >= 0.6 is 11.3 Å². The second kappa shape index (κ2) is 6.76. The number of nitrogens with zero attached hydrogens (tertiary/aromatic N) is 3. The van der Waals surface area contributed by atoms with E-state index in [1.54, 1.807) is 24.5 Å². The summed E-state index contributed by atoms with van der Waals surface area (Å²) < 4.78 is 13.8. The Morgan fingerprint density at radius 1 is 1.18 bits per heavy atom. The van der Waals surface area contributed by atoms with Crippen molar-refractivity contribution in [3.63, 3.8) is 0 Å². The molecule has 1 saturated carbocycles. The molecule has 0 bridgehead atoms. The van der Waals surface area contributed by atoms with E-state index >= 15 is 0 Å². The van der Waals surface area contributed by atoms with Gasteiger partial charge in [0.25, 0.3) is 5.91 Å². The molecule has 0 saturated heterocycles. The maximum atomic E-state index is 13.8. The van der Waals surface area contributed by atoms with Crippen molar-refractivity contribution >= 4 is 33.3 Å². The Labute approximate surface area is 164 Å². The lowest BCUT2D eigenvalue weighted by atomic mass is 10.1. The van der Waals surface area contributed by atoms with Crippen molar-refractivity contribution < 1.29 is 9.18 Å². The smallest absolute Gasteiger partial charge is 0.258 e. The normalized spacial score (nSPS) is 13.6. The van der Waals surface area contributed by atoms with E-state index in [2.05, 4.69) is 20.3 Å². The average molecular weight is 390 g/mol. The van der Waals surface area contributed by atoms with Crippen LogP contribution in [-0.2, 0) is 0 Å². The van der Waals surface area contributed by atoms with Crippen molar-refractivity contribution in [3.05, 3.63) is 71.2 Å². The highest BCUT2D eigenvalue weighted by molar-refractivity contribution is 7.14. The zero-order valence-corrected chi connectivity index (χ0v) is 15.5. The molecule has 0 unspecified atom stereocenters. The van der Waals surface area contributed by atoms with Gasteiger partial charge in [-0.25, -0.2) is 9.37 Å². The first-order valence-electron chi connectivity index (χ1n) is 8.95. The molecule has 5 rings (SSSR count). The highest BCUT2D eigenvalue weighted by Gasteiger charge is 2.27. The second-order valence-electron chi connectivity index (χ2n) is 6.76. The van der Waals surface area contributed by atoms with Crippen molar-refractivity contribution in [2.24, 2.45) is 0 Å². The van der Waals surface area contributed by atoms with Gasteiger partial charge in [0.05, 0.1) is 16.8 Å². The van der Waals surface area contributed by atoms with Gasteiger partial charge in [0.2, 0.25) is 0 Å². The fraction of sp³-hybridized carbons (Fsp3) is 0.143. The Kier molecular flexibility index (Phi) is 4.09. The van der Waals surface area contributed by atoms with Crippen molar-refractivity contribution in [3.8, 4) is 11.3 Å². The molecule has 7 heteroatoms. The van der Waals surface area contributed by atoms with Gasteiger partial charge in [0.1, 0.15) is 5.82 Å². The van der Waals surface area contributed by atoms with Crippen LogP contribution in [0, 0.1) is 5.82 Å². The molecule has 1 amide bonds. The molecule has 0 aliphatic heterocycles. The largest absolute Gasteiger partial charge is 0.298 e. The molecule has 4 aromatic rings. The molecule has 3 heterocycles. The number of carbonyl (C=O) groups excluding carboxylic acids is 1. The zero-order valence-electron chi connectivity index (χ0n) is 14.7. The number of nitrogens with one attached hydrogen (secondary N) is 1. The highest BCUT2D eigenvalue weighted by atomic mass is 32.1. The summed E-state index contributed by atoms with van der Waals surface area (Å²) in [5.74, 6) is -0.319. The number of benzene rings is 1. The predicted octanol–water partition coefficient (Wildman–Crippen LogP) is 5.02. The van der Waals surface area contributed by atoms with E-state index < -0.39 is 5.82 Å². The predicted molar refractivity (Wildman–Crippen MR) is 107 cm³/mol. The molecular weight excluding hydrogens is 375 g/mol. The van der Waals surface area contributed by atoms with Gasteiger partial charge in [-0.1, -0.05) is 0 Å². The lowest BCUT2D eigenvalue weighted by Gasteiger charge is -2.09. The number of hydrogen-bond acceptors (Lipinski definition) is 5. The zero-order chi connectivity index (χ0) is 19.1. The summed E-state index contributed by atoms with van der Waals surface area (Å²) in [5, 5.41) is 5.70. The molecule has 1 aromatic carbocycles. The summed E-state index contributed by atoms with van der Waals surface area (Å²) in [6.07, 6.45) is 5.56. The molecule has 0 radical (unpaired) electrons. The van der Waals surface area contributed by atoms with Crippen LogP contribution in [0.1, 0.15) is 34.8 Å². The summed E-state index contributed by atoms with van der Waals surface area (Å²) >= 11 is 1.34. The Balaban J connectivity index is 1.49. The van der Waals surface area contributed by atoms with E-state index in [0.717, 1.165) is 29.8 Å². The third-order valence-electron chi connectivity index (χ3n) is 4.71. The Morgan fingerprint density at radius 3 is 2.86 bits per heavy atom. The molecule has 28 heavy (non-hydrogen) atoms. The molecular formula is C21H15FN4OS. The molecule has 138 valence electrons. The number of halogens is 1. The maximum Gasteiger partial charge on any atom is 0.258 e. The van der Waals surface area contributed by atoms with Crippen LogP contribution in [0.3, 0.4) is 0 Å². The van der Waals surface area contributed by atoms with Crippen molar-refractivity contribution in [1.82, 2.24) is 15.0 Å². The highest BCUT2D eigenvalue weighted by Crippen LogP contribution is 2.40. The number of anilines is 1. The molecule has 3 aromatic heterocycles. The minimum atomic E-state index is -0.393. The summed E-state index contributed by atoms with van der Waals surface area (Å²) in [4.78, 5) is 26.1. The van der Waals surface area contributed by atoms with Crippen LogP contribution in [-0.4, -0.2) is 20.9 Å². The number of hydrogen-bond donors (Lipinski definition) is 1. The third-order valence-corrected chi connectivity index (χ3v) is 5.47. The monoisotopic (exact) mass is 390 g/mol. The number of rotatable bonds is 4. The van der Waals surface area contributed by atoms with Gasteiger partial charge >= 0.3 is 0 Å². The Hall–Kier alpha value is -3.19. The van der Waals surface area contributed by atoms with Crippen molar-refractivity contribution in [1.29, 1.82) is 0 Å². The van der Waals surface area contributed by atoms with Crippen LogP contribution in [0.5, 0.6) is 0 Å². The minimum absolute atomic E-state index is 0.313. The SMILES string of the molecule is O=C(Nc1nc(-c2cccnc2)cs1)c1cc(C2CC2)nc2ccc(F)cc12. The molecule has 0 atom stereocenters. The van der Waals surface area contributed by atoms with E-state index in [-0.39, 0.29) is 5.91 Å². The summed E-state index contributed by atoms with van der Waals surface area (Å²) in [6.45, 7) is 0. The summed E-state index contributed by atoms with van der Waals surface area (Å²) in [5.41, 5.74) is 3.57. The standard InChI is InChI=1S/C21H15FN4OS/c22-14-5-6-17-15(8-14)16(9-18(24-17)12-3-4-12)20(27)26-21-25-19(11-28-21)13-2-1-7-23-10-13/h1-2,5-12H,3-4H2,(H,25,26,27). The van der Waals surface area contributed by atoms with Crippen LogP contribution < -0.4 is 5.32 Å². The minimum Gasteiger partial charge on any atom is -0.298 e. The number of fused-ring (bicyclic) bond motifs is 1. The van der Waals surface area contributed by atoms with Crippen molar-refractivity contribution in [2.45, 2.75) is 18.8 Å². The summed E-state index contributed by atoms with van der Waals surface area (Å²) in [6, 6.07) is 9.88. The molecule has 5 nitrogen and oxygen atoms in total. The van der Waals surface area contributed by atoms with Gasteiger partial charge in [-0.3, -0.25) is 20.1 Å². The number of carbonyl (C=O) groups is 1. The quantitative estimate of drug-likeness (QED) is 0.531. The van der Waals surface area contributed by atoms with E-state index in [1.807, 2.05) is 17.5 Å². The molecule has 1 aliphatic rings. The summed E-state index contributed by atoms with van der Waals surface area (Å²) in [7, 11) is 0. The van der Waals surface area contributed by atoms with Crippen LogP contribution in [0.15, 0.2) is 54.2 Å². The van der Waals surface area contributed by atoms with Gasteiger partial charge < -0.3 is 0 Å². The van der Waals surface area contributed by atoms with Gasteiger partial charge in [-0.15, -0.1) is 11.3 Å². The number of amides is 1. The van der Waals surface area contributed by atoms with E-state index in [9.17, 15) is 9.18 Å². The van der Waals surface area contributed by atoms with E-state index in [0.29, 0.717) is 27.5 Å². The lowest BCUT2D eigenvalue weighted by Crippen LogP contribution is -2.13. The van der Waals surface area contributed by atoms with E-state index in [4.69, 9.17) is 0 Å². The molecule has 1 N–H and O–H groups in total. The van der Waals surface area contributed by atoms with Gasteiger partial charge in [0, 0.05) is 40.3 Å². The fourth-order valence-corrected chi connectivity index (χ4v) is 3.85. The molecule has 0 spiro atoms. The van der Waals surface area contributed by atoms with Gasteiger partial charge in [-0.05, 0) is 49.2 Å². The lowest BCUT2D eigenvalue weighted by molar-refractivity contribution is 0.102. The van der Waals surface area contributed by atoms with Crippen LogP contribution in [0.2, 0.25) is 0 Å². The van der Waals surface area contributed by atoms with Gasteiger partial charge in [0.15, 0.2) is 5.13 Å². The first kappa shape index (κ1) is 16.9. The Bertz CT molecular complexity index is 1190. The molecule has 1 fully saturated rings. The number of pyridine rings is 2. The van der Waals surface area contributed by atoms with Crippen LogP contribution in [0.25, 0.3) is 22.2 Å². The Morgan fingerprint density at radius 2 is 2.07 bits per heavy atom. The van der Waals surface area contributed by atoms with Gasteiger partial charge in [-0.2, -0.15) is 0 Å². The van der Waals surface area contributed by atoms with Crippen molar-refractivity contribution in [2.75, 3.05) is 5.32 Å². The first-order chi connectivity index (χ1) is 13.7. The first-order valence-corrected chi connectivity index (χ1v) is 9.83. The van der Waals surface area contributed by atoms with Crippen LogP contribution in [0.4, 0.5) is 9.52 Å².